The second kappa shape index (κ2) is 10.9. The molecule has 0 aliphatic carbocycles. The van der Waals surface area contributed by atoms with Crippen LogP contribution >= 0.6 is 11.6 Å². The summed E-state index contributed by atoms with van der Waals surface area (Å²) < 4.78 is 5.86. The first-order valence-corrected chi connectivity index (χ1v) is 7.99. The van der Waals surface area contributed by atoms with Crippen LogP contribution in [0.1, 0.15) is 65.7 Å². The molecule has 108 valence electrons. The van der Waals surface area contributed by atoms with E-state index in [-0.39, 0.29) is 11.5 Å². The van der Waals surface area contributed by atoms with Crippen LogP contribution in [0.5, 0.6) is 0 Å². The lowest BCUT2D eigenvalue weighted by molar-refractivity contribution is -0.00397. The maximum Gasteiger partial charge on any atom is 0.0674 e. The monoisotopic (exact) mass is 274 g/mol. The van der Waals surface area contributed by atoms with E-state index in [2.05, 4.69) is 20.4 Å². The molecule has 0 rings (SSSR count). The van der Waals surface area contributed by atoms with Gasteiger partial charge in [0.2, 0.25) is 0 Å². The molecule has 0 N–H and O–H groups in total. The van der Waals surface area contributed by atoms with E-state index >= 15 is 0 Å². The predicted octanol–water partition coefficient (Wildman–Crippen LogP) is 5.57. The van der Waals surface area contributed by atoms with Crippen LogP contribution in [0.3, 0.4) is 0 Å². The number of halogens is 1. The molecule has 0 aliphatic rings. The summed E-state index contributed by atoms with van der Waals surface area (Å²) in [6.07, 6.45) is 11.2. The van der Waals surface area contributed by atoms with Crippen molar-refractivity contribution < 1.29 is 4.74 Å². The first-order valence-electron chi connectivity index (χ1n) is 7.45. The molecule has 0 radical (unpaired) electrons. The zero-order valence-electron chi connectivity index (χ0n) is 12.5. The number of rotatable bonds is 12. The van der Waals surface area contributed by atoms with E-state index < -0.39 is 0 Å². The average Bonchev–Trinajstić information content (AvgIpc) is 2.40. The van der Waals surface area contributed by atoms with Gasteiger partial charge >= 0.3 is 0 Å². The Balaban J connectivity index is 4.00. The third-order valence-electron chi connectivity index (χ3n) is 3.68. The van der Waals surface area contributed by atoms with Gasteiger partial charge in [-0.1, -0.05) is 58.4 Å². The topological polar surface area (TPSA) is 9.23 Å². The van der Waals surface area contributed by atoms with Crippen LogP contribution in [0, 0.1) is 5.41 Å². The SMILES string of the molecule is C=CC(C)(CCl)C(CCCCCCCC)OCC. The molecule has 0 aromatic rings. The van der Waals surface area contributed by atoms with Crippen LogP contribution in [0.25, 0.3) is 0 Å². The van der Waals surface area contributed by atoms with Crippen molar-refractivity contribution in [2.24, 2.45) is 5.41 Å². The van der Waals surface area contributed by atoms with Crippen molar-refractivity contribution in [3.8, 4) is 0 Å². The molecule has 2 heteroatoms. The van der Waals surface area contributed by atoms with Crippen molar-refractivity contribution in [2.75, 3.05) is 12.5 Å². The van der Waals surface area contributed by atoms with Crippen molar-refractivity contribution in [2.45, 2.75) is 71.8 Å². The molecular weight excluding hydrogens is 244 g/mol. The van der Waals surface area contributed by atoms with Gasteiger partial charge in [-0.15, -0.1) is 18.2 Å². The average molecular weight is 275 g/mol. The molecule has 0 bridgehead atoms. The van der Waals surface area contributed by atoms with Crippen LogP contribution in [-0.4, -0.2) is 18.6 Å². The number of hydrogen-bond acceptors (Lipinski definition) is 1. The Morgan fingerprint density at radius 1 is 1.17 bits per heavy atom. The van der Waals surface area contributed by atoms with Gasteiger partial charge in [-0.05, 0) is 13.3 Å². The Kier molecular flexibility index (Phi) is 10.9. The summed E-state index contributed by atoms with van der Waals surface area (Å²) >= 11 is 6.07. The minimum absolute atomic E-state index is 0.0962. The Bertz CT molecular complexity index is 205. The van der Waals surface area contributed by atoms with Gasteiger partial charge in [-0.3, -0.25) is 0 Å². The molecule has 2 unspecified atom stereocenters. The van der Waals surface area contributed by atoms with E-state index in [4.69, 9.17) is 16.3 Å². The van der Waals surface area contributed by atoms with Gasteiger partial charge in [0.25, 0.3) is 0 Å². The molecule has 0 saturated carbocycles. The van der Waals surface area contributed by atoms with E-state index in [1.165, 1.54) is 38.5 Å². The Hall–Kier alpha value is -0.0100. The fraction of sp³-hybridized carbons (Fsp3) is 0.875. The van der Waals surface area contributed by atoms with Crippen LogP contribution in [0.2, 0.25) is 0 Å². The van der Waals surface area contributed by atoms with Crippen molar-refractivity contribution in [3.05, 3.63) is 12.7 Å². The lowest BCUT2D eigenvalue weighted by Crippen LogP contribution is -2.34. The minimum Gasteiger partial charge on any atom is -0.378 e. The summed E-state index contributed by atoms with van der Waals surface area (Å²) in [5, 5.41) is 0. The van der Waals surface area contributed by atoms with Crippen LogP contribution in [0.15, 0.2) is 12.7 Å². The number of hydrogen-bond donors (Lipinski definition) is 0. The fourth-order valence-electron chi connectivity index (χ4n) is 2.19. The minimum atomic E-state index is -0.0962. The van der Waals surface area contributed by atoms with Crippen molar-refractivity contribution in [1.82, 2.24) is 0 Å². The molecule has 0 fully saturated rings. The van der Waals surface area contributed by atoms with Gasteiger partial charge in [0, 0.05) is 17.9 Å². The van der Waals surface area contributed by atoms with E-state index in [1.807, 2.05) is 13.0 Å². The molecule has 0 amide bonds. The molecule has 0 aromatic carbocycles. The highest BCUT2D eigenvalue weighted by Gasteiger charge is 2.30. The zero-order chi connectivity index (χ0) is 13.9. The van der Waals surface area contributed by atoms with Crippen molar-refractivity contribution in [3.63, 3.8) is 0 Å². The number of unbranched alkanes of at least 4 members (excludes halogenated alkanes) is 5. The molecule has 0 aromatic heterocycles. The first kappa shape index (κ1) is 18.0. The van der Waals surface area contributed by atoms with Gasteiger partial charge < -0.3 is 4.74 Å². The predicted molar refractivity (Wildman–Crippen MR) is 82.4 cm³/mol. The summed E-state index contributed by atoms with van der Waals surface area (Å²) in [7, 11) is 0. The smallest absolute Gasteiger partial charge is 0.0674 e. The second-order valence-corrected chi connectivity index (χ2v) is 5.61. The molecule has 0 saturated heterocycles. The fourth-order valence-corrected chi connectivity index (χ4v) is 2.47. The lowest BCUT2D eigenvalue weighted by atomic mass is 9.83. The van der Waals surface area contributed by atoms with Gasteiger partial charge in [0.15, 0.2) is 0 Å². The molecule has 0 aliphatic heterocycles. The number of ether oxygens (including phenoxy) is 1. The standard InChI is InChI=1S/C16H31ClO/c1-5-8-9-10-11-12-13-15(18-7-3)16(4,6-2)14-17/h6,15H,2,5,7-14H2,1,3-4H3. The van der Waals surface area contributed by atoms with Gasteiger partial charge in [-0.25, -0.2) is 0 Å². The van der Waals surface area contributed by atoms with Gasteiger partial charge in [-0.2, -0.15) is 0 Å². The third-order valence-corrected chi connectivity index (χ3v) is 4.25. The summed E-state index contributed by atoms with van der Waals surface area (Å²) in [5.41, 5.74) is -0.0962. The summed E-state index contributed by atoms with van der Waals surface area (Å²) in [6, 6.07) is 0. The van der Waals surface area contributed by atoms with Gasteiger partial charge in [0.05, 0.1) is 6.10 Å². The third kappa shape index (κ3) is 6.80. The van der Waals surface area contributed by atoms with Crippen LogP contribution in [0.4, 0.5) is 0 Å². The normalized spacial score (nSPS) is 16.2. The van der Waals surface area contributed by atoms with Crippen molar-refractivity contribution >= 4 is 11.6 Å². The number of alkyl halides is 1. The summed E-state index contributed by atoms with van der Waals surface area (Å²) in [6.45, 7) is 11.1. The molecule has 1 nitrogen and oxygen atoms in total. The quantitative estimate of drug-likeness (QED) is 0.257. The van der Waals surface area contributed by atoms with Crippen LogP contribution < -0.4 is 0 Å². The highest BCUT2D eigenvalue weighted by atomic mass is 35.5. The Morgan fingerprint density at radius 2 is 1.78 bits per heavy atom. The lowest BCUT2D eigenvalue weighted by Gasteiger charge is -2.33. The second-order valence-electron chi connectivity index (χ2n) is 5.34. The highest BCUT2D eigenvalue weighted by Crippen LogP contribution is 2.30. The van der Waals surface area contributed by atoms with E-state index in [0.29, 0.717) is 5.88 Å². The molecule has 0 heterocycles. The maximum atomic E-state index is 6.07. The summed E-state index contributed by atoms with van der Waals surface area (Å²) in [4.78, 5) is 0. The zero-order valence-corrected chi connectivity index (χ0v) is 13.3. The highest BCUT2D eigenvalue weighted by molar-refractivity contribution is 6.18. The summed E-state index contributed by atoms with van der Waals surface area (Å²) in [5.74, 6) is 0.580. The van der Waals surface area contributed by atoms with E-state index in [1.54, 1.807) is 0 Å². The largest absolute Gasteiger partial charge is 0.378 e. The molecular formula is C16H31ClO. The maximum absolute atomic E-state index is 6.07. The molecule has 2 atom stereocenters. The van der Waals surface area contributed by atoms with Crippen LogP contribution in [-0.2, 0) is 4.74 Å². The Morgan fingerprint density at radius 3 is 2.28 bits per heavy atom. The molecule has 18 heavy (non-hydrogen) atoms. The first-order chi connectivity index (χ1) is 8.64. The van der Waals surface area contributed by atoms with E-state index in [0.717, 1.165) is 13.0 Å². The van der Waals surface area contributed by atoms with Crippen molar-refractivity contribution in [1.29, 1.82) is 0 Å². The van der Waals surface area contributed by atoms with E-state index in [9.17, 15) is 0 Å². The van der Waals surface area contributed by atoms with Gasteiger partial charge in [0.1, 0.15) is 0 Å². The Labute approximate surface area is 119 Å². The molecule has 0 spiro atoms.